The summed E-state index contributed by atoms with van der Waals surface area (Å²) < 4.78 is 11.1. The number of thioether (sulfide) groups is 1. The molecule has 0 radical (unpaired) electrons. The van der Waals surface area contributed by atoms with Gasteiger partial charge in [0.05, 0.1) is 18.8 Å². The Labute approximate surface area is 181 Å². The lowest BCUT2D eigenvalue weighted by atomic mass is 9.70. The van der Waals surface area contributed by atoms with E-state index in [4.69, 9.17) is 14.5 Å². The summed E-state index contributed by atoms with van der Waals surface area (Å²) in [5.74, 6) is 1.44. The van der Waals surface area contributed by atoms with Crippen molar-refractivity contribution in [3.63, 3.8) is 0 Å². The van der Waals surface area contributed by atoms with Crippen molar-refractivity contribution in [3.8, 4) is 16.5 Å². The van der Waals surface area contributed by atoms with Gasteiger partial charge in [-0.3, -0.25) is 0 Å². The van der Waals surface area contributed by atoms with Gasteiger partial charge >= 0.3 is 0 Å². The molecule has 0 saturated carbocycles. The number of nitriles is 1. The molecule has 1 aliphatic carbocycles. The number of nitrogens with zero attached hydrogens (tertiary/aromatic N) is 2. The second-order valence-corrected chi connectivity index (χ2v) is 10.8. The molecule has 0 bridgehead atoms. The number of hydrogen-bond donors (Lipinski definition) is 0. The maximum atomic E-state index is 10.1. The number of pyridine rings is 1. The molecule has 6 heteroatoms. The molecule has 2 aromatic heterocycles. The average molecular weight is 429 g/mol. The molecular weight excluding hydrogens is 400 g/mol. The second-order valence-electron chi connectivity index (χ2n) is 8.80. The van der Waals surface area contributed by atoms with Crippen molar-refractivity contribution >= 4 is 23.1 Å². The summed E-state index contributed by atoms with van der Waals surface area (Å²) in [6, 6.07) is 6.70. The van der Waals surface area contributed by atoms with Crippen molar-refractivity contribution in [3.05, 3.63) is 34.3 Å². The van der Waals surface area contributed by atoms with Gasteiger partial charge in [0.15, 0.2) is 6.29 Å². The Balaban J connectivity index is 1.69. The molecule has 2 aromatic rings. The highest BCUT2D eigenvalue weighted by Gasteiger charge is 2.33. The zero-order valence-electron chi connectivity index (χ0n) is 17.4. The summed E-state index contributed by atoms with van der Waals surface area (Å²) in [6.45, 7) is 8.32. The van der Waals surface area contributed by atoms with E-state index >= 15 is 0 Å². The van der Waals surface area contributed by atoms with Crippen LogP contribution in [0.3, 0.4) is 0 Å². The Morgan fingerprint density at radius 3 is 2.76 bits per heavy atom. The molecule has 0 spiro atoms. The van der Waals surface area contributed by atoms with Crippen LogP contribution in [0.5, 0.6) is 0 Å². The van der Waals surface area contributed by atoms with E-state index in [2.05, 4.69) is 44.4 Å². The van der Waals surface area contributed by atoms with Gasteiger partial charge in [-0.2, -0.15) is 5.26 Å². The third-order valence-corrected chi connectivity index (χ3v) is 7.81. The number of rotatable bonds is 5. The summed E-state index contributed by atoms with van der Waals surface area (Å²) in [4.78, 5) is 6.18. The first kappa shape index (κ1) is 20.9. The Hall–Kier alpha value is -1.39. The van der Waals surface area contributed by atoms with Gasteiger partial charge in [0.1, 0.15) is 11.1 Å². The van der Waals surface area contributed by atoms with Crippen LogP contribution in [-0.4, -0.2) is 30.2 Å². The highest BCUT2D eigenvalue weighted by Crippen LogP contribution is 2.44. The zero-order valence-corrected chi connectivity index (χ0v) is 19.0. The largest absolute Gasteiger partial charge is 0.350 e. The second kappa shape index (κ2) is 8.77. The van der Waals surface area contributed by atoms with E-state index in [0.29, 0.717) is 19.1 Å². The molecule has 0 N–H and O–H groups in total. The van der Waals surface area contributed by atoms with Gasteiger partial charge in [0.25, 0.3) is 0 Å². The normalized spacial score (nSPS) is 19.9. The number of fused-ring (bicyclic) bond motifs is 1. The van der Waals surface area contributed by atoms with Crippen LogP contribution < -0.4 is 0 Å². The lowest BCUT2D eigenvalue weighted by Crippen LogP contribution is -2.28. The average Bonchev–Trinajstić information content (AvgIpc) is 3.40. The molecule has 1 fully saturated rings. The summed E-state index contributed by atoms with van der Waals surface area (Å²) in [5.41, 5.74) is 4.59. The van der Waals surface area contributed by atoms with Gasteiger partial charge in [-0.05, 0) is 47.6 Å². The number of thiophene rings is 1. The first-order valence-corrected chi connectivity index (χ1v) is 12.2. The molecule has 4 nitrogen and oxygen atoms in total. The minimum absolute atomic E-state index is 0.116. The predicted octanol–water partition coefficient (Wildman–Crippen LogP) is 5.69. The summed E-state index contributed by atoms with van der Waals surface area (Å²) in [6.07, 6.45) is 3.85. The third-order valence-electron chi connectivity index (χ3n) is 5.92. The number of hydrogen-bond acceptors (Lipinski definition) is 6. The molecule has 2 aliphatic rings. The SMILES string of the molecule is CC(C)(C)[C@@H]1CCc2nc(SCCC3OCCO3)c(C#N)c(-c3cccs3)c2C1. The minimum atomic E-state index is -0.116. The summed E-state index contributed by atoms with van der Waals surface area (Å²) in [5, 5.41) is 13.0. The van der Waals surface area contributed by atoms with Crippen molar-refractivity contribution in [1.29, 1.82) is 5.26 Å². The van der Waals surface area contributed by atoms with Crippen LogP contribution in [0.1, 0.15) is 50.4 Å². The first-order valence-electron chi connectivity index (χ1n) is 10.3. The Morgan fingerprint density at radius 2 is 2.10 bits per heavy atom. The lowest BCUT2D eigenvalue weighted by Gasteiger charge is -2.35. The molecule has 0 unspecified atom stereocenters. The van der Waals surface area contributed by atoms with Crippen molar-refractivity contribution in [2.75, 3.05) is 19.0 Å². The maximum absolute atomic E-state index is 10.1. The van der Waals surface area contributed by atoms with E-state index in [0.717, 1.165) is 47.6 Å². The number of aromatic nitrogens is 1. The maximum Gasteiger partial charge on any atom is 0.158 e. The van der Waals surface area contributed by atoms with Gasteiger partial charge in [0.2, 0.25) is 0 Å². The zero-order chi connectivity index (χ0) is 20.4. The minimum Gasteiger partial charge on any atom is -0.350 e. The molecule has 4 rings (SSSR count). The predicted molar refractivity (Wildman–Crippen MR) is 118 cm³/mol. The summed E-state index contributed by atoms with van der Waals surface area (Å²) in [7, 11) is 0. The van der Waals surface area contributed by atoms with E-state index < -0.39 is 0 Å². The van der Waals surface area contributed by atoms with Crippen LogP contribution in [0, 0.1) is 22.7 Å². The third kappa shape index (κ3) is 4.54. The van der Waals surface area contributed by atoms with Crippen LogP contribution in [0.4, 0.5) is 0 Å². The number of ether oxygens (including phenoxy) is 2. The monoisotopic (exact) mass is 428 g/mol. The van der Waals surface area contributed by atoms with Gasteiger partial charge in [-0.1, -0.05) is 26.8 Å². The van der Waals surface area contributed by atoms with E-state index in [1.165, 1.54) is 16.1 Å². The van der Waals surface area contributed by atoms with E-state index in [1.54, 1.807) is 23.1 Å². The van der Waals surface area contributed by atoms with E-state index in [9.17, 15) is 5.26 Å². The fraction of sp³-hybridized carbons (Fsp3) is 0.565. The molecule has 3 heterocycles. The molecule has 0 amide bonds. The smallest absolute Gasteiger partial charge is 0.158 e. The lowest BCUT2D eigenvalue weighted by molar-refractivity contribution is -0.0421. The van der Waals surface area contributed by atoms with Crippen molar-refractivity contribution in [1.82, 2.24) is 4.98 Å². The Morgan fingerprint density at radius 1 is 1.31 bits per heavy atom. The van der Waals surface area contributed by atoms with Gasteiger partial charge < -0.3 is 9.47 Å². The molecule has 29 heavy (non-hydrogen) atoms. The van der Waals surface area contributed by atoms with Crippen LogP contribution >= 0.6 is 23.1 Å². The molecule has 1 saturated heterocycles. The quantitative estimate of drug-likeness (QED) is 0.573. The molecule has 1 aliphatic heterocycles. The fourth-order valence-corrected chi connectivity index (χ4v) is 5.97. The Bertz CT molecular complexity index is 891. The van der Waals surface area contributed by atoms with Crippen molar-refractivity contribution in [2.45, 2.75) is 57.8 Å². The van der Waals surface area contributed by atoms with Crippen molar-refractivity contribution in [2.24, 2.45) is 11.3 Å². The van der Waals surface area contributed by atoms with Gasteiger partial charge in [0, 0.05) is 28.3 Å². The van der Waals surface area contributed by atoms with Crippen LogP contribution in [-0.2, 0) is 22.3 Å². The summed E-state index contributed by atoms with van der Waals surface area (Å²) >= 11 is 3.37. The topological polar surface area (TPSA) is 55.1 Å². The highest BCUT2D eigenvalue weighted by molar-refractivity contribution is 7.99. The van der Waals surface area contributed by atoms with E-state index in [1.807, 2.05) is 0 Å². The molecule has 154 valence electrons. The van der Waals surface area contributed by atoms with Gasteiger partial charge in [-0.25, -0.2) is 4.98 Å². The fourth-order valence-electron chi connectivity index (χ4n) is 4.20. The van der Waals surface area contributed by atoms with Crippen LogP contribution in [0.15, 0.2) is 22.5 Å². The number of aryl methyl sites for hydroxylation is 1. The molecule has 1 atom stereocenters. The Kier molecular flexibility index (Phi) is 6.31. The molecular formula is C23H28N2O2S2. The van der Waals surface area contributed by atoms with E-state index in [-0.39, 0.29) is 11.7 Å². The van der Waals surface area contributed by atoms with Crippen molar-refractivity contribution < 1.29 is 9.47 Å². The molecule has 0 aromatic carbocycles. The highest BCUT2D eigenvalue weighted by atomic mass is 32.2. The van der Waals surface area contributed by atoms with Crippen LogP contribution in [0.2, 0.25) is 0 Å². The first-order chi connectivity index (χ1) is 14.0. The van der Waals surface area contributed by atoms with Crippen LogP contribution in [0.25, 0.3) is 10.4 Å². The van der Waals surface area contributed by atoms with Gasteiger partial charge in [-0.15, -0.1) is 23.1 Å². The standard InChI is InChI=1S/C23H28N2O2S2/c1-23(2,3)15-6-7-18-16(13-15)21(19-5-4-11-28-19)17(14-24)22(25-18)29-12-8-20-26-9-10-27-20/h4-5,11,15,20H,6-10,12-13H2,1-3H3/t15-/m1/s1.